The second-order valence-corrected chi connectivity index (χ2v) is 5.55. The van der Waals surface area contributed by atoms with E-state index in [0.29, 0.717) is 18.0 Å². The van der Waals surface area contributed by atoms with Crippen LogP contribution in [0.4, 0.5) is 10.5 Å². The fraction of sp³-hybridized carbons (Fsp3) is 0.533. The molecular formula is C15H24N2O3. The van der Waals surface area contributed by atoms with E-state index in [1.165, 1.54) is 0 Å². The van der Waals surface area contributed by atoms with Gasteiger partial charge in [0.05, 0.1) is 12.8 Å². The molecule has 1 aromatic carbocycles. The molecule has 20 heavy (non-hydrogen) atoms. The number of nitrogens with one attached hydrogen (secondary N) is 1. The first kappa shape index (κ1) is 16.3. The molecule has 0 saturated carbocycles. The summed E-state index contributed by atoms with van der Waals surface area (Å²) >= 11 is 0. The summed E-state index contributed by atoms with van der Waals surface area (Å²) in [6.07, 6.45) is 1.31. The standard InChI is InChI=1S/C15H24N2O3/c1-15(2,3)20-14(18)17-12-8-7-11(6-5-9-16)10-13(12)19-4/h7-8,10H,5-6,9,16H2,1-4H3,(H,17,18). The van der Waals surface area contributed by atoms with E-state index >= 15 is 0 Å². The molecule has 1 amide bonds. The minimum Gasteiger partial charge on any atom is -0.495 e. The van der Waals surface area contributed by atoms with Gasteiger partial charge in [0.25, 0.3) is 0 Å². The van der Waals surface area contributed by atoms with Gasteiger partial charge in [-0.1, -0.05) is 6.07 Å². The Morgan fingerprint density at radius 3 is 2.60 bits per heavy atom. The zero-order valence-corrected chi connectivity index (χ0v) is 12.7. The van der Waals surface area contributed by atoms with E-state index in [1.807, 2.05) is 39.0 Å². The lowest BCUT2D eigenvalue weighted by molar-refractivity contribution is 0.0635. The molecule has 0 aromatic heterocycles. The van der Waals surface area contributed by atoms with Crippen molar-refractivity contribution in [3.8, 4) is 5.75 Å². The van der Waals surface area contributed by atoms with Gasteiger partial charge < -0.3 is 15.2 Å². The molecule has 0 bridgehead atoms. The van der Waals surface area contributed by atoms with Crippen molar-refractivity contribution in [3.63, 3.8) is 0 Å². The number of benzene rings is 1. The molecule has 0 spiro atoms. The van der Waals surface area contributed by atoms with Gasteiger partial charge in [-0.15, -0.1) is 0 Å². The van der Waals surface area contributed by atoms with Gasteiger partial charge in [-0.2, -0.15) is 0 Å². The van der Waals surface area contributed by atoms with Gasteiger partial charge in [0.15, 0.2) is 0 Å². The van der Waals surface area contributed by atoms with Crippen molar-refractivity contribution in [2.45, 2.75) is 39.2 Å². The number of hydrogen-bond donors (Lipinski definition) is 2. The molecule has 0 atom stereocenters. The molecule has 0 radical (unpaired) electrons. The van der Waals surface area contributed by atoms with Crippen LogP contribution >= 0.6 is 0 Å². The SMILES string of the molecule is COc1cc(CCCN)ccc1NC(=O)OC(C)(C)C. The van der Waals surface area contributed by atoms with Crippen LogP contribution in [0.3, 0.4) is 0 Å². The zero-order chi connectivity index (χ0) is 15.2. The number of carbonyl (C=O) groups excluding carboxylic acids is 1. The van der Waals surface area contributed by atoms with Crippen LogP contribution < -0.4 is 15.8 Å². The summed E-state index contributed by atoms with van der Waals surface area (Å²) in [5.41, 5.74) is 6.69. The zero-order valence-electron chi connectivity index (χ0n) is 12.7. The lowest BCUT2D eigenvalue weighted by atomic mass is 10.1. The maximum atomic E-state index is 11.7. The lowest BCUT2D eigenvalue weighted by Gasteiger charge is -2.20. The topological polar surface area (TPSA) is 73.6 Å². The first-order valence-corrected chi connectivity index (χ1v) is 6.72. The minimum absolute atomic E-state index is 0.495. The fourth-order valence-electron chi connectivity index (χ4n) is 1.71. The summed E-state index contributed by atoms with van der Waals surface area (Å²) in [6.45, 7) is 6.11. The molecule has 0 heterocycles. The molecule has 0 aliphatic heterocycles. The van der Waals surface area contributed by atoms with Gasteiger partial charge in [0.1, 0.15) is 11.4 Å². The molecule has 1 aromatic rings. The minimum atomic E-state index is -0.529. The van der Waals surface area contributed by atoms with Crippen molar-refractivity contribution in [1.82, 2.24) is 0 Å². The molecule has 0 fully saturated rings. The van der Waals surface area contributed by atoms with Gasteiger partial charge in [0.2, 0.25) is 0 Å². The second-order valence-electron chi connectivity index (χ2n) is 5.55. The highest BCUT2D eigenvalue weighted by Gasteiger charge is 2.17. The molecule has 3 N–H and O–H groups in total. The van der Waals surface area contributed by atoms with Crippen LogP contribution in [0.2, 0.25) is 0 Å². The van der Waals surface area contributed by atoms with Gasteiger partial charge in [-0.3, -0.25) is 5.32 Å². The normalized spacial score (nSPS) is 11.1. The number of aryl methyl sites for hydroxylation is 1. The summed E-state index contributed by atoms with van der Waals surface area (Å²) in [4.78, 5) is 11.7. The van der Waals surface area contributed by atoms with Crippen LogP contribution in [-0.2, 0) is 11.2 Å². The van der Waals surface area contributed by atoms with Crippen LogP contribution in [0.5, 0.6) is 5.75 Å². The van der Waals surface area contributed by atoms with Crippen molar-refractivity contribution in [2.75, 3.05) is 19.0 Å². The van der Waals surface area contributed by atoms with E-state index in [9.17, 15) is 4.79 Å². The van der Waals surface area contributed by atoms with Crippen LogP contribution in [0, 0.1) is 0 Å². The Hall–Kier alpha value is -1.75. The third-order valence-corrected chi connectivity index (χ3v) is 2.57. The third kappa shape index (κ3) is 5.48. The maximum Gasteiger partial charge on any atom is 0.412 e. The van der Waals surface area contributed by atoms with E-state index in [1.54, 1.807) is 7.11 Å². The van der Waals surface area contributed by atoms with E-state index < -0.39 is 11.7 Å². The molecule has 5 nitrogen and oxygen atoms in total. The molecule has 1 rings (SSSR count). The largest absolute Gasteiger partial charge is 0.495 e. The van der Waals surface area contributed by atoms with E-state index in [2.05, 4.69) is 5.32 Å². The van der Waals surface area contributed by atoms with Crippen molar-refractivity contribution >= 4 is 11.8 Å². The van der Waals surface area contributed by atoms with Crippen molar-refractivity contribution in [1.29, 1.82) is 0 Å². The van der Waals surface area contributed by atoms with Gasteiger partial charge in [-0.05, 0) is 57.9 Å². The highest BCUT2D eigenvalue weighted by molar-refractivity contribution is 5.87. The highest BCUT2D eigenvalue weighted by atomic mass is 16.6. The number of nitrogens with two attached hydrogens (primary N) is 1. The maximum absolute atomic E-state index is 11.7. The van der Waals surface area contributed by atoms with E-state index in [0.717, 1.165) is 18.4 Å². The molecule has 0 aliphatic carbocycles. The summed E-state index contributed by atoms with van der Waals surface area (Å²) in [5.74, 6) is 0.616. The smallest absolute Gasteiger partial charge is 0.412 e. The van der Waals surface area contributed by atoms with Crippen molar-refractivity contribution in [2.24, 2.45) is 5.73 Å². The number of ether oxygens (including phenoxy) is 2. The Labute approximate surface area is 120 Å². The van der Waals surface area contributed by atoms with E-state index in [4.69, 9.17) is 15.2 Å². The lowest BCUT2D eigenvalue weighted by Crippen LogP contribution is -2.27. The average Bonchev–Trinajstić information content (AvgIpc) is 2.35. The number of methoxy groups -OCH3 is 1. The van der Waals surface area contributed by atoms with Crippen molar-refractivity contribution < 1.29 is 14.3 Å². The van der Waals surface area contributed by atoms with Crippen LogP contribution in [0.15, 0.2) is 18.2 Å². The quantitative estimate of drug-likeness (QED) is 0.869. The van der Waals surface area contributed by atoms with Gasteiger partial charge in [-0.25, -0.2) is 4.79 Å². The predicted octanol–water partition coefficient (Wildman–Crippen LogP) is 2.93. The Bertz CT molecular complexity index is 453. The highest BCUT2D eigenvalue weighted by Crippen LogP contribution is 2.26. The first-order chi connectivity index (χ1) is 9.35. The van der Waals surface area contributed by atoms with E-state index in [-0.39, 0.29) is 0 Å². The predicted molar refractivity (Wildman–Crippen MR) is 80.2 cm³/mol. The van der Waals surface area contributed by atoms with Crippen molar-refractivity contribution in [3.05, 3.63) is 23.8 Å². The molecule has 0 saturated heterocycles. The number of hydrogen-bond acceptors (Lipinski definition) is 4. The molecule has 112 valence electrons. The van der Waals surface area contributed by atoms with Gasteiger partial charge >= 0.3 is 6.09 Å². The number of anilines is 1. The summed E-state index contributed by atoms with van der Waals surface area (Å²) in [7, 11) is 1.57. The first-order valence-electron chi connectivity index (χ1n) is 6.72. The number of amides is 1. The summed E-state index contributed by atoms with van der Waals surface area (Å²) in [6, 6.07) is 5.67. The Balaban J connectivity index is 2.77. The Morgan fingerprint density at radius 2 is 2.05 bits per heavy atom. The summed E-state index contributed by atoms with van der Waals surface area (Å²) < 4.78 is 10.5. The molecule has 0 unspecified atom stereocenters. The third-order valence-electron chi connectivity index (χ3n) is 2.57. The molecule has 0 aliphatic rings. The Morgan fingerprint density at radius 1 is 1.35 bits per heavy atom. The fourth-order valence-corrected chi connectivity index (χ4v) is 1.71. The number of carbonyl (C=O) groups is 1. The molecular weight excluding hydrogens is 256 g/mol. The Kier molecular flexibility index (Phi) is 5.82. The van der Waals surface area contributed by atoms with Crippen LogP contribution in [0.1, 0.15) is 32.8 Å². The molecule has 5 heteroatoms. The van der Waals surface area contributed by atoms with Gasteiger partial charge in [0, 0.05) is 0 Å². The second kappa shape index (κ2) is 7.14. The van der Waals surface area contributed by atoms with Crippen LogP contribution in [-0.4, -0.2) is 25.3 Å². The number of rotatable bonds is 5. The average molecular weight is 280 g/mol. The summed E-state index contributed by atoms with van der Waals surface area (Å²) in [5, 5.41) is 2.69. The monoisotopic (exact) mass is 280 g/mol. The van der Waals surface area contributed by atoms with Crippen LogP contribution in [0.25, 0.3) is 0 Å².